The molecule has 0 saturated carbocycles. The van der Waals surface area contributed by atoms with Crippen LogP contribution in [0.2, 0.25) is 0 Å². The van der Waals surface area contributed by atoms with Crippen LogP contribution in [0.25, 0.3) is 0 Å². The number of hydrogen-bond acceptors (Lipinski definition) is 7. The van der Waals surface area contributed by atoms with Crippen LogP contribution in [0.15, 0.2) is 53.4 Å². The van der Waals surface area contributed by atoms with Crippen LogP contribution in [-0.2, 0) is 32.4 Å². The van der Waals surface area contributed by atoms with E-state index in [1.54, 1.807) is 0 Å². The van der Waals surface area contributed by atoms with Gasteiger partial charge >= 0.3 is 5.97 Å². The van der Waals surface area contributed by atoms with Crippen LogP contribution >= 0.6 is 11.3 Å². The Morgan fingerprint density at radius 1 is 1.05 bits per heavy atom. The number of nitrogens with zero attached hydrogens (tertiary/aromatic N) is 1. The smallest absolute Gasteiger partial charge is 0.341 e. The molecule has 1 aliphatic carbocycles. The van der Waals surface area contributed by atoms with Gasteiger partial charge in [0.25, 0.3) is 10.0 Å². The average molecular weight is 547 g/mol. The number of hydrogen-bond donors (Lipinski definition) is 1. The second-order valence-corrected chi connectivity index (χ2v) is 11.3. The quantitative estimate of drug-likeness (QED) is 0.388. The molecule has 0 spiro atoms. The molecule has 11 heteroatoms. The van der Waals surface area contributed by atoms with Crippen LogP contribution in [0.3, 0.4) is 0 Å². The lowest BCUT2D eigenvalue weighted by Gasteiger charge is -2.24. The molecule has 4 rings (SSSR count). The van der Waals surface area contributed by atoms with Crippen molar-refractivity contribution < 1.29 is 31.9 Å². The molecule has 1 amide bonds. The number of methoxy groups -OCH3 is 1. The van der Waals surface area contributed by atoms with Crippen molar-refractivity contribution in [1.82, 2.24) is 0 Å². The summed E-state index contributed by atoms with van der Waals surface area (Å²) in [6.07, 6.45) is 3.42. The fourth-order valence-electron chi connectivity index (χ4n) is 4.19. The Balaban J connectivity index is 1.66. The lowest BCUT2D eigenvalue weighted by molar-refractivity contribution is -0.114. The summed E-state index contributed by atoms with van der Waals surface area (Å²) in [5.41, 5.74) is 1.30. The summed E-state index contributed by atoms with van der Waals surface area (Å²) in [4.78, 5) is 26.7. The van der Waals surface area contributed by atoms with Crippen molar-refractivity contribution in [2.75, 3.05) is 29.9 Å². The van der Waals surface area contributed by atoms with Crippen LogP contribution < -0.4 is 14.4 Å². The van der Waals surface area contributed by atoms with Crippen LogP contribution in [0.1, 0.15) is 40.6 Å². The fraction of sp³-hybridized carbons (Fsp3) is 0.308. The maximum absolute atomic E-state index is 13.6. The Morgan fingerprint density at radius 2 is 1.73 bits per heavy atom. The van der Waals surface area contributed by atoms with Gasteiger partial charge < -0.3 is 14.8 Å². The van der Waals surface area contributed by atoms with Gasteiger partial charge in [-0.2, -0.15) is 0 Å². The van der Waals surface area contributed by atoms with Gasteiger partial charge in [0.1, 0.15) is 23.1 Å². The average Bonchev–Trinajstić information content (AvgIpc) is 3.25. The first-order valence-electron chi connectivity index (χ1n) is 11.8. The Kier molecular flexibility index (Phi) is 8.13. The van der Waals surface area contributed by atoms with Gasteiger partial charge in [-0.05, 0) is 86.7 Å². The summed E-state index contributed by atoms with van der Waals surface area (Å²) < 4.78 is 52.0. The molecular formula is C26H27FN2O6S2. The molecule has 196 valence electrons. The predicted octanol–water partition coefficient (Wildman–Crippen LogP) is 4.79. The number of carbonyl (C=O) groups is 2. The maximum Gasteiger partial charge on any atom is 0.341 e. The third kappa shape index (κ3) is 5.78. The Morgan fingerprint density at radius 3 is 2.38 bits per heavy atom. The van der Waals surface area contributed by atoms with Gasteiger partial charge in [0.2, 0.25) is 5.91 Å². The largest absolute Gasteiger partial charge is 0.494 e. The number of esters is 1. The summed E-state index contributed by atoms with van der Waals surface area (Å²) in [5.74, 6) is -1.24. The summed E-state index contributed by atoms with van der Waals surface area (Å²) in [5, 5.41) is 3.06. The molecule has 0 radical (unpaired) electrons. The van der Waals surface area contributed by atoms with E-state index in [-0.39, 0.29) is 10.6 Å². The highest BCUT2D eigenvalue weighted by molar-refractivity contribution is 7.92. The van der Waals surface area contributed by atoms with Crippen molar-refractivity contribution in [1.29, 1.82) is 0 Å². The molecule has 0 bridgehead atoms. The van der Waals surface area contributed by atoms with Crippen molar-refractivity contribution in [2.45, 2.75) is 37.5 Å². The van der Waals surface area contributed by atoms with Crippen molar-refractivity contribution in [2.24, 2.45) is 0 Å². The van der Waals surface area contributed by atoms with E-state index >= 15 is 0 Å². The number of halogens is 1. The van der Waals surface area contributed by atoms with Gasteiger partial charge in [0.15, 0.2) is 0 Å². The summed E-state index contributed by atoms with van der Waals surface area (Å²) in [6, 6.07) is 10.6. The van der Waals surface area contributed by atoms with Gasteiger partial charge in [-0.3, -0.25) is 9.10 Å². The van der Waals surface area contributed by atoms with Crippen LogP contribution in [-0.4, -0.2) is 40.6 Å². The van der Waals surface area contributed by atoms with E-state index in [9.17, 15) is 22.4 Å². The number of fused-ring (bicyclic) bond motifs is 1. The van der Waals surface area contributed by atoms with Gasteiger partial charge in [-0.1, -0.05) is 0 Å². The number of aryl methyl sites for hydroxylation is 1. The second kappa shape index (κ2) is 11.3. The van der Waals surface area contributed by atoms with Crippen LogP contribution in [0, 0.1) is 5.82 Å². The fourth-order valence-corrected chi connectivity index (χ4v) is 6.91. The zero-order valence-electron chi connectivity index (χ0n) is 20.5. The van der Waals surface area contributed by atoms with E-state index in [1.165, 1.54) is 54.8 Å². The monoisotopic (exact) mass is 546 g/mol. The first kappa shape index (κ1) is 26.6. The molecule has 0 saturated heterocycles. The lowest BCUT2D eigenvalue weighted by Crippen LogP contribution is -2.38. The highest BCUT2D eigenvalue weighted by Gasteiger charge is 2.30. The van der Waals surface area contributed by atoms with Crippen molar-refractivity contribution in [3.63, 3.8) is 0 Å². The van der Waals surface area contributed by atoms with E-state index in [4.69, 9.17) is 9.47 Å². The molecule has 1 aliphatic rings. The summed E-state index contributed by atoms with van der Waals surface area (Å²) >= 11 is 1.30. The van der Waals surface area contributed by atoms with Gasteiger partial charge in [-0.25, -0.2) is 17.6 Å². The zero-order chi connectivity index (χ0) is 26.6. The van der Waals surface area contributed by atoms with E-state index in [0.29, 0.717) is 29.3 Å². The summed E-state index contributed by atoms with van der Waals surface area (Å²) in [6.45, 7) is 1.65. The standard InChI is InChI=1S/C26H27FN2O6S2/c1-3-35-19-12-14-20(15-13-19)37(32,33)29(18-10-8-17(27)9-11-18)16-23(30)28-25-24(26(31)34-2)21-6-4-5-7-22(21)36-25/h8-15H,3-7,16H2,1-2H3,(H,28,30). The number of sulfonamides is 1. The van der Waals surface area contributed by atoms with Crippen LogP contribution in [0.4, 0.5) is 15.1 Å². The number of carbonyl (C=O) groups excluding carboxylic acids is 2. The SMILES string of the molecule is CCOc1ccc(S(=O)(=O)N(CC(=O)Nc2sc3c(c2C(=O)OC)CCCC3)c2ccc(F)cc2)cc1. The van der Waals surface area contributed by atoms with Crippen molar-refractivity contribution >= 4 is 43.9 Å². The lowest BCUT2D eigenvalue weighted by atomic mass is 9.95. The highest BCUT2D eigenvalue weighted by atomic mass is 32.2. The molecule has 0 atom stereocenters. The molecule has 0 unspecified atom stereocenters. The highest BCUT2D eigenvalue weighted by Crippen LogP contribution is 2.38. The molecule has 1 N–H and O–H groups in total. The van der Waals surface area contributed by atoms with Crippen LogP contribution in [0.5, 0.6) is 5.75 Å². The molecule has 1 aromatic heterocycles. The molecule has 3 aromatic rings. The molecule has 0 aliphatic heterocycles. The molecule has 1 heterocycles. The van der Waals surface area contributed by atoms with Gasteiger partial charge in [0, 0.05) is 4.88 Å². The summed E-state index contributed by atoms with van der Waals surface area (Å²) in [7, 11) is -2.93. The van der Waals surface area contributed by atoms with E-state index < -0.39 is 34.3 Å². The van der Waals surface area contributed by atoms with E-state index in [0.717, 1.165) is 46.1 Å². The Hall–Kier alpha value is -3.44. The topological polar surface area (TPSA) is 102 Å². The number of amides is 1. The number of ether oxygens (including phenoxy) is 2. The van der Waals surface area contributed by atoms with Crippen molar-refractivity contribution in [3.8, 4) is 5.75 Å². The van der Waals surface area contributed by atoms with Gasteiger partial charge in [-0.15, -0.1) is 11.3 Å². The number of thiophene rings is 1. The predicted molar refractivity (Wildman–Crippen MR) is 139 cm³/mol. The second-order valence-electron chi connectivity index (χ2n) is 8.35. The molecule has 2 aromatic carbocycles. The third-order valence-corrected chi connectivity index (χ3v) is 8.93. The Labute approximate surface area is 219 Å². The van der Waals surface area contributed by atoms with Crippen molar-refractivity contribution in [3.05, 3.63) is 70.4 Å². The number of rotatable bonds is 9. The van der Waals surface area contributed by atoms with E-state index in [2.05, 4.69) is 5.32 Å². The molecular weight excluding hydrogens is 519 g/mol. The van der Waals surface area contributed by atoms with E-state index in [1.807, 2.05) is 6.92 Å². The Bertz CT molecular complexity index is 1390. The number of anilines is 2. The molecule has 0 fully saturated rings. The zero-order valence-corrected chi connectivity index (χ0v) is 22.1. The number of benzene rings is 2. The minimum Gasteiger partial charge on any atom is -0.494 e. The molecule has 8 nitrogen and oxygen atoms in total. The first-order chi connectivity index (χ1) is 17.7. The number of nitrogens with one attached hydrogen (secondary N) is 1. The minimum absolute atomic E-state index is 0.0603. The molecule has 37 heavy (non-hydrogen) atoms. The normalized spacial score (nSPS) is 12.9. The van der Waals surface area contributed by atoms with Gasteiger partial charge in [0.05, 0.1) is 29.9 Å². The minimum atomic E-state index is -4.21. The third-order valence-electron chi connectivity index (χ3n) is 5.94. The maximum atomic E-state index is 13.6. The first-order valence-corrected chi connectivity index (χ1v) is 14.0.